The van der Waals surface area contributed by atoms with E-state index in [-0.39, 0.29) is 16.9 Å². The minimum atomic E-state index is -0.175. The van der Waals surface area contributed by atoms with Gasteiger partial charge >= 0.3 is 0 Å². The molecule has 1 aromatic rings. The van der Waals surface area contributed by atoms with E-state index in [2.05, 4.69) is 15.9 Å². The zero-order chi connectivity index (χ0) is 10.2. The van der Waals surface area contributed by atoms with E-state index in [9.17, 15) is 10.2 Å². The largest absolute Gasteiger partial charge is 0.504 e. The van der Waals surface area contributed by atoms with Gasteiger partial charge in [0.25, 0.3) is 0 Å². The first-order chi connectivity index (χ1) is 5.82. The van der Waals surface area contributed by atoms with Crippen molar-refractivity contribution in [3.63, 3.8) is 0 Å². The van der Waals surface area contributed by atoms with Crippen LogP contribution in [-0.4, -0.2) is 10.2 Å². The smallest absolute Gasteiger partial charge is 0.161 e. The molecule has 2 nitrogen and oxygen atoms in total. The summed E-state index contributed by atoms with van der Waals surface area (Å²) in [5.74, 6) is -0.116. The molecular weight excluding hydrogens is 232 g/mol. The first-order valence-corrected chi connectivity index (χ1v) is 4.83. The van der Waals surface area contributed by atoms with E-state index in [1.807, 2.05) is 26.8 Å². The Morgan fingerprint density at radius 1 is 1.15 bits per heavy atom. The Hall–Kier alpha value is -0.700. The van der Waals surface area contributed by atoms with Crippen LogP contribution in [0.2, 0.25) is 0 Å². The molecular formula is C10H13BrO2. The molecule has 0 aliphatic carbocycles. The molecule has 0 radical (unpaired) electrons. The Morgan fingerprint density at radius 3 is 2.15 bits per heavy atom. The molecule has 13 heavy (non-hydrogen) atoms. The summed E-state index contributed by atoms with van der Waals surface area (Å²) in [5, 5.41) is 19.0. The Labute approximate surface area is 86.3 Å². The quantitative estimate of drug-likeness (QED) is 0.689. The van der Waals surface area contributed by atoms with Crippen LogP contribution in [0.25, 0.3) is 0 Å². The van der Waals surface area contributed by atoms with E-state index < -0.39 is 0 Å². The lowest BCUT2D eigenvalue weighted by Crippen LogP contribution is -2.11. The molecule has 2 N–H and O–H groups in total. The molecule has 0 heterocycles. The van der Waals surface area contributed by atoms with Gasteiger partial charge in [0.2, 0.25) is 0 Å². The first-order valence-electron chi connectivity index (χ1n) is 4.04. The zero-order valence-electron chi connectivity index (χ0n) is 7.93. The van der Waals surface area contributed by atoms with E-state index in [1.54, 1.807) is 0 Å². The fourth-order valence-electron chi connectivity index (χ4n) is 1.16. The molecule has 0 saturated carbocycles. The van der Waals surface area contributed by atoms with Crippen LogP contribution in [0.1, 0.15) is 26.3 Å². The first kappa shape index (κ1) is 10.4. The molecule has 0 fully saturated rings. The van der Waals surface area contributed by atoms with Gasteiger partial charge in [-0.15, -0.1) is 0 Å². The molecule has 72 valence electrons. The predicted molar refractivity (Wildman–Crippen MR) is 56.2 cm³/mol. The van der Waals surface area contributed by atoms with Crippen LogP contribution in [0.3, 0.4) is 0 Å². The van der Waals surface area contributed by atoms with Gasteiger partial charge in [0.15, 0.2) is 11.5 Å². The molecule has 0 bridgehead atoms. The highest BCUT2D eigenvalue weighted by atomic mass is 79.9. The summed E-state index contributed by atoms with van der Waals surface area (Å²) in [6.45, 7) is 5.94. The maximum absolute atomic E-state index is 9.59. The third-order valence-corrected chi connectivity index (χ3v) is 2.32. The molecule has 0 aliphatic heterocycles. The molecule has 3 heteroatoms. The second-order valence-electron chi connectivity index (χ2n) is 4.07. The Balaban J connectivity index is 3.37. The Kier molecular flexibility index (Phi) is 2.57. The van der Waals surface area contributed by atoms with E-state index in [0.29, 0.717) is 0 Å². The third kappa shape index (κ3) is 2.15. The van der Waals surface area contributed by atoms with Crippen molar-refractivity contribution in [3.8, 4) is 11.5 Å². The summed E-state index contributed by atoms with van der Waals surface area (Å²) < 4.78 is 0.771. The molecule has 0 amide bonds. The summed E-state index contributed by atoms with van der Waals surface area (Å²) in [4.78, 5) is 0. The van der Waals surface area contributed by atoms with Gasteiger partial charge < -0.3 is 10.2 Å². The monoisotopic (exact) mass is 244 g/mol. The van der Waals surface area contributed by atoms with Crippen LogP contribution in [0.4, 0.5) is 0 Å². The summed E-state index contributed by atoms with van der Waals surface area (Å²) in [5.41, 5.74) is 0.560. The van der Waals surface area contributed by atoms with Gasteiger partial charge in [0, 0.05) is 10.0 Å². The van der Waals surface area contributed by atoms with Gasteiger partial charge in [-0.3, -0.25) is 0 Å². The molecule has 1 aromatic carbocycles. The summed E-state index contributed by atoms with van der Waals surface area (Å²) in [6, 6.07) is 3.29. The number of aromatic hydroxyl groups is 2. The number of halogens is 1. The van der Waals surface area contributed by atoms with E-state index in [1.165, 1.54) is 6.07 Å². The topological polar surface area (TPSA) is 40.5 Å². The fourth-order valence-corrected chi connectivity index (χ4v) is 1.60. The maximum Gasteiger partial charge on any atom is 0.161 e. The fraction of sp³-hybridized carbons (Fsp3) is 0.400. The molecule has 0 aliphatic rings. The van der Waals surface area contributed by atoms with Crippen molar-refractivity contribution < 1.29 is 10.2 Å². The lowest BCUT2D eigenvalue weighted by Gasteiger charge is -2.21. The number of hydrogen-bond acceptors (Lipinski definition) is 2. The maximum atomic E-state index is 9.59. The Bertz CT molecular complexity index is 326. The van der Waals surface area contributed by atoms with Gasteiger partial charge in [-0.2, -0.15) is 0 Å². The number of phenolic OH excluding ortho intramolecular Hbond substituents is 2. The molecule has 0 aromatic heterocycles. The van der Waals surface area contributed by atoms with Crippen LogP contribution in [0, 0.1) is 0 Å². The van der Waals surface area contributed by atoms with Crippen molar-refractivity contribution in [2.75, 3.05) is 0 Å². The molecule has 0 unspecified atom stereocenters. The standard InChI is InChI=1S/C10H13BrO2/c1-10(2,3)7-4-6(11)5-8(12)9(7)13/h4-5,12-13H,1-3H3. The summed E-state index contributed by atoms with van der Waals surface area (Å²) in [7, 11) is 0. The number of phenols is 2. The highest BCUT2D eigenvalue weighted by Crippen LogP contribution is 2.39. The SMILES string of the molecule is CC(C)(C)c1cc(Br)cc(O)c1O. The number of rotatable bonds is 0. The van der Waals surface area contributed by atoms with Gasteiger partial charge in [0.1, 0.15) is 0 Å². The minimum Gasteiger partial charge on any atom is -0.504 e. The van der Waals surface area contributed by atoms with Crippen molar-refractivity contribution in [2.45, 2.75) is 26.2 Å². The van der Waals surface area contributed by atoms with Crippen molar-refractivity contribution in [2.24, 2.45) is 0 Å². The van der Waals surface area contributed by atoms with Crippen molar-refractivity contribution in [1.82, 2.24) is 0 Å². The minimum absolute atomic E-state index is 0.0318. The molecule has 0 spiro atoms. The lowest BCUT2D eigenvalue weighted by molar-refractivity contribution is 0.388. The van der Waals surface area contributed by atoms with Crippen molar-refractivity contribution >= 4 is 15.9 Å². The normalized spacial score (nSPS) is 11.7. The third-order valence-electron chi connectivity index (χ3n) is 1.86. The average Bonchev–Trinajstić information content (AvgIpc) is 1.94. The second kappa shape index (κ2) is 3.22. The van der Waals surface area contributed by atoms with Crippen molar-refractivity contribution in [3.05, 3.63) is 22.2 Å². The van der Waals surface area contributed by atoms with E-state index in [0.717, 1.165) is 10.0 Å². The van der Waals surface area contributed by atoms with Crippen LogP contribution in [0.15, 0.2) is 16.6 Å². The second-order valence-corrected chi connectivity index (χ2v) is 4.99. The van der Waals surface area contributed by atoms with Gasteiger partial charge in [-0.05, 0) is 17.5 Å². The Morgan fingerprint density at radius 2 is 1.69 bits per heavy atom. The van der Waals surface area contributed by atoms with Crippen LogP contribution in [0.5, 0.6) is 11.5 Å². The summed E-state index contributed by atoms with van der Waals surface area (Å²) in [6.07, 6.45) is 0. The molecule has 0 saturated heterocycles. The van der Waals surface area contributed by atoms with Crippen molar-refractivity contribution in [1.29, 1.82) is 0 Å². The van der Waals surface area contributed by atoms with Crippen LogP contribution >= 0.6 is 15.9 Å². The highest BCUT2D eigenvalue weighted by Gasteiger charge is 2.20. The predicted octanol–water partition coefficient (Wildman–Crippen LogP) is 3.16. The lowest BCUT2D eigenvalue weighted by atomic mass is 9.86. The average molecular weight is 245 g/mol. The zero-order valence-corrected chi connectivity index (χ0v) is 9.51. The van der Waals surface area contributed by atoms with Crippen LogP contribution < -0.4 is 0 Å². The number of benzene rings is 1. The van der Waals surface area contributed by atoms with Gasteiger partial charge in [-0.25, -0.2) is 0 Å². The van der Waals surface area contributed by atoms with Gasteiger partial charge in [0.05, 0.1) is 0 Å². The van der Waals surface area contributed by atoms with Crippen LogP contribution in [-0.2, 0) is 5.41 Å². The van der Waals surface area contributed by atoms with E-state index >= 15 is 0 Å². The molecule has 1 rings (SSSR count). The van der Waals surface area contributed by atoms with E-state index in [4.69, 9.17) is 0 Å². The highest BCUT2D eigenvalue weighted by molar-refractivity contribution is 9.10. The summed E-state index contributed by atoms with van der Waals surface area (Å²) >= 11 is 3.27. The molecule has 0 atom stereocenters. The van der Waals surface area contributed by atoms with Gasteiger partial charge in [-0.1, -0.05) is 36.7 Å². The number of hydrogen-bond donors (Lipinski definition) is 2.